The number of rotatable bonds is 5. The topological polar surface area (TPSA) is 12.0 Å². The minimum atomic E-state index is 0.506. The zero-order valence-corrected chi connectivity index (χ0v) is 9.46. The van der Waals surface area contributed by atoms with Crippen molar-refractivity contribution in [3.63, 3.8) is 0 Å². The molecule has 0 bridgehead atoms. The summed E-state index contributed by atoms with van der Waals surface area (Å²) in [6, 6.07) is 11.2. The lowest BCUT2D eigenvalue weighted by Gasteiger charge is -2.25. The van der Waals surface area contributed by atoms with Gasteiger partial charge in [-0.2, -0.15) is 0 Å². The van der Waals surface area contributed by atoms with Gasteiger partial charge in [0.25, 0.3) is 0 Å². The Labute approximate surface area is 87.5 Å². The summed E-state index contributed by atoms with van der Waals surface area (Å²) >= 11 is 0. The first-order valence-electron chi connectivity index (χ1n) is 5.55. The number of nitrogens with one attached hydrogen (secondary N) is 1. The van der Waals surface area contributed by atoms with Gasteiger partial charge in [0.15, 0.2) is 0 Å². The highest BCUT2D eigenvalue weighted by Crippen LogP contribution is 2.26. The van der Waals surface area contributed by atoms with E-state index in [1.165, 1.54) is 18.4 Å². The average molecular weight is 191 g/mol. The Bertz CT molecular complexity index is 239. The highest BCUT2D eigenvalue weighted by Gasteiger charge is 2.17. The highest BCUT2D eigenvalue weighted by molar-refractivity contribution is 5.19. The van der Waals surface area contributed by atoms with E-state index in [4.69, 9.17) is 0 Å². The van der Waals surface area contributed by atoms with Crippen molar-refractivity contribution >= 4 is 0 Å². The Balaban J connectivity index is 2.81. The van der Waals surface area contributed by atoms with Crippen LogP contribution in [0.1, 0.15) is 38.3 Å². The predicted octanol–water partition coefficient (Wildman–Crippen LogP) is 3.38. The molecule has 0 heterocycles. The van der Waals surface area contributed by atoms with Crippen molar-refractivity contribution in [2.45, 2.75) is 32.7 Å². The molecule has 1 aromatic carbocycles. The van der Waals surface area contributed by atoms with E-state index in [-0.39, 0.29) is 0 Å². The maximum absolute atomic E-state index is 3.42. The van der Waals surface area contributed by atoms with E-state index in [0.717, 1.165) is 5.92 Å². The molecule has 1 rings (SSSR count). The van der Waals surface area contributed by atoms with Crippen molar-refractivity contribution in [1.29, 1.82) is 0 Å². The van der Waals surface area contributed by atoms with Crippen LogP contribution >= 0.6 is 0 Å². The molecule has 0 saturated carbocycles. The lowest BCUT2D eigenvalue weighted by atomic mass is 9.89. The van der Waals surface area contributed by atoms with Crippen molar-refractivity contribution < 1.29 is 0 Å². The van der Waals surface area contributed by atoms with Crippen LogP contribution in [0.3, 0.4) is 0 Å². The van der Waals surface area contributed by atoms with Gasteiger partial charge in [0.05, 0.1) is 0 Å². The summed E-state index contributed by atoms with van der Waals surface area (Å²) in [6.45, 7) is 4.53. The Kier molecular flexibility index (Phi) is 4.68. The fourth-order valence-electron chi connectivity index (χ4n) is 2.09. The summed E-state index contributed by atoms with van der Waals surface area (Å²) in [5.41, 5.74) is 1.41. The molecule has 1 nitrogen and oxygen atoms in total. The molecule has 0 fully saturated rings. The predicted molar refractivity (Wildman–Crippen MR) is 62.3 cm³/mol. The van der Waals surface area contributed by atoms with Crippen LogP contribution in [0.25, 0.3) is 0 Å². The van der Waals surface area contributed by atoms with Gasteiger partial charge >= 0.3 is 0 Å². The van der Waals surface area contributed by atoms with Crippen molar-refractivity contribution in [1.82, 2.24) is 5.32 Å². The molecule has 0 aromatic heterocycles. The molecule has 0 aliphatic rings. The highest BCUT2D eigenvalue weighted by atomic mass is 14.9. The van der Waals surface area contributed by atoms with Gasteiger partial charge in [0, 0.05) is 6.04 Å². The Morgan fingerprint density at radius 2 is 1.64 bits per heavy atom. The normalized spacial score (nSPS) is 13.1. The summed E-state index contributed by atoms with van der Waals surface area (Å²) in [6.07, 6.45) is 2.47. The molecule has 1 heteroatoms. The van der Waals surface area contributed by atoms with E-state index in [2.05, 4.69) is 56.5 Å². The van der Waals surface area contributed by atoms with Gasteiger partial charge in [0.1, 0.15) is 0 Å². The van der Waals surface area contributed by atoms with Crippen LogP contribution in [0.2, 0.25) is 0 Å². The standard InChI is InChI=1S/C13H21N/c1-4-11(5-2)13(14-3)12-9-7-6-8-10-12/h6-11,13-14H,4-5H2,1-3H3. The number of benzene rings is 1. The van der Waals surface area contributed by atoms with Crippen molar-refractivity contribution in [3.05, 3.63) is 35.9 Å². The van der Waals surface area contributed by atoms with E-state index in [9.17, 15) is 0 Å². The van der Waals surface area contributed by atoms with Crippen LogP contribution in [0.15, 0.2) is 30.3 Å². The molecule has 0 spiro atoms. The number of hydrogen-bond acceptors (Lipinski definition) is 1. The Morgan fingerprint density at radius 3 is 2.07 bits per heavy atom. The molecular formula is C13H21N. The SMILES string of the molecule is CCC(CC)C(NC)c1ccccc1. The molecule has 1 unspecified atom stereocenters. The third kappa shape index (κ3) is 2.58. The molecule has 1 aromatic rings. The van der Waals surface area contributed by atoms with Gasteiger partial charge in [-0.15, -0.1) is 0 Å². The molecule has 0 aliphatic heterocycles. The first kappa shape index (κ1) is 11.3. The van der Waals surface area contributed by atoms with Crippen molar-refractivity contribution in [3.8, 4) is 0 Å². The first-order valence-corrected chi connectivity index (χ1v) is 5.55. The fourth-order valence-corrected chi connectivity index (χ4v) is 2.09. The second-order valence-corrected chi connectivity index (χ2v) is 3.75. The van der Waals surface area contributed by atoms with Gasteiger partial charge in [-0.25, -0.2) is 0 Å². The zero-order chi connectivity index (χ0) is 10.4. The summed E-state index contributed by atoms with van der Waals surface area (Å²) in [7, 11) is 2.05. The maximum atomic E-state index is 3.42. The first-order chi connectivity index (χ1) is 6.83. The third-order valence-corrected chi connectivity index (χ3v) is 2.99. The van der Waals surface area contributed by atoms with Gasteiger partial charge in [0.2, 0.25) is 0 Å². The second-order valence-electron chi connectivity index (χ2n) is 3.75. The van der Waals surface area contributed by atoms with E-state index in [0.29, 0.717) is 6.04 Å². The molecule has 14 heavy (non-hydrogen) atoms. The average Bonchev–Trinajstić information content (AvgIpc) is 2.27. The van der Waals surface area contributed by atoms with E-state index in [1.54, 1.807) is 0 Å². The zero-order valence-electron chi connectivity index (χ0n) is 9.46. The molecule has 0 amide bonds. The molecule has 0 saturated heterocycles. The smallest absolute Gasteiger partial charge is 0.0345 e. The van der Waals surface area contributed by atoms with Crippen LogP contribution in [-0.4, -0.2) is 7.05 Å². The molecular weight excluding hydrogens is 170 g/mol. The largest absolute Gasteiger partial charge is 0.313 e. The molecule has 1 N–H and O–H groups in total. The van der Waals surface area contributed by atoms with Crippen molar-refractivity contribution in [2.75, 3.05) is 7.05 Å². The van der Waals surface area contributed by atoms with Crippen molar-refractivity contribution in [2.24, 2.45) is 5.92 Å². The summed E-state index contributed by atoms with van der Waals surface area (Å²) < 4.78 is 0. The monoisotopic (exact) mass is 191 g/mol. The lowest BCUT2D eigenvalue weighted by Crippen LogP contribution is -2.24. The molecule has 0 aliphatic carbocycles. The Hall–Kier alpha value is -0.820. The van der Waals surface area contributed by atoms with Crippen LogP contribution in [0, 0.1) is 5.92 Å². The van der Waals surface area contributed by atoms with E-state index >= 15 is 0 Å². The van der Waals surface area contributed by atoms with Gasteiger partial charge in [-0.3, -0.25) is 0 Å². The quantitative estimate of drug-likeness (QED) is 0.752. The van der Waals surface area contributed by atoms with Gasteiger partial charge in [-0.1, -0.05) is 57.0 Å². The molecule has 1 atom stereocenters. The van der Waals surface area contributed by atoms with Gasteiger partial charge < -0.3 is 5.32 Å². The number of hydrogen-bond donors (Lipinski definition) is 1. The summed E-state index contributed by atoms with van der Waals surface area (Å²) in [4.78, 5) is 0. The van der Waals surface area contributed by atoms with Crippen LogP contribution in [0.5, 0.6) is 0 Å². The Morgan fingerprint density at radius 1 is 1.07 bits per heavy atom. The lowest BCUT2D eigenvalue weighted by molar-refractivity contribution is 0.359. The van der Waals surface area contributed by atoms with E-state index < -0.39 is 0 Å². The fraction of sp³-hybridized carbons (Fsp3) is 0.538. The molecule has 78 valence electrons. The minimum absolute atomic E-state index is 0.506. The molecule has 0 radical (unpaired) electrons. The van der Waals surface area contributed by atoms with Crippen LogP contribution in [-0.2, 0) is 0 Å². The summed E-state index contributed by atoms with van der Waals surface area (Å²) in [5.74, 6) is 0.738. The maximum Gasteiger partial charge on any atom is 0.0345 e. The third-order valence-electron chi connectivity index (χ3n) is 2.99. The second kappa shape index (κ2) is 5.82. The summed E-state index contributed by atoms with van der Waals surface area (Å²) in [5, 5.41) is 3.42. The van der Waals surface area contributed by atoms with Crippen LogP contribution < -0.4 is 5.32 Å². The van der Waals surface area contributed by atoms with Crippen LogP contribution in [0.4, 0.5) is 0 Å². The van der Waals surface area contributed by atoms with E-state index in [1.807, 2.05) is 0 Å². The van der Waals surface area contributed by atoms with Gasteiger partial charge in [-0.05, 0) is 18.5 Å². The minimum Gasteiger partial charge on any atom is -0.313 e.